The molecule has 1 aromatic carbocycles. The molecule has 8 heteroatoms. The summed E-state index contributed by atoms with van der Waals surface area (Å²) in [6.07, 6.45) is 1.44. The summed E-state index contributed by atoms with van der Waals surface area (Å²) in [5.74, 6) is 0.0850. The molecule has 1 N–H and O–H groups in total. The van der Waals surface area contributed by atoms with E-state index in [2.05, 4.69) is 15.3 Å². The van der Waals surface area contributed by atoms with Gasteiger partial charge in [-0.25, -0.2) is 9.97 Å². The van der Waals surface area contributed by atoms with Crippen LogP contribution in [-0.4, -0.2) is 46.4 Å². The second kappa shape index (κ2) is 9.00. The second-order valence-electron chi connectivity index (χ2n) is 6.53. The molecule has 0 aliphatic heterocycles. The van der Waals surface area contributed by atoms with Crippen molar-refractivity contribution in [2.75, 3.05) is 25.0 Å². The van der Waals surface area contributed by atoms with Gasteiger partial charge < -0.3 is 15.0 Å². The third kappa shape index (κ3) is 4.54. The van der Waals surface area contributed by atoms with Gasteiger partial charge in [-0.15, -0.1) is 11.3 Å². The zero-order valence-corrected chi connectivity index (χ0v) is 17.8. The van der Waals surface area contributed by atoms with Crippen molar-refractivity contribution in [1.82, 2.24) is 14.9 Å². The normalized spacial score (nSPS) is 10.8. The lowest BCUT2D eigenvalue weighted by Gasteiger charge is -2.18. The lowest BCUT2D eigenvalue weighted by molar-refractivity contribution is -0.118. The fourth-order valence-corrected chi connectivity index (χ4v) is 3.97. The number of carbonyl (C=O) groups is 2. The molecule has 0 saturated carbocycles. The van der Waals surface area contributed by atoms with Gasteiger partial charge in [-0.2, -0.15) is 0 Å². The van der Waals surface area contributed by atoms with Crippen LogP contribution < -0.4 is 10.1 Å². The van der Waals surface area contributed by atoms with Gasteiger partial charge in [0.1, 0.15) is 11.2 Å². The van der Waals surface area contributed by atoms with Crippen molar-refractivity contribution in [3.05, 3.63) is 46.6 Å². The van der Waals surface area contributed by atoms with E-state index in [-0.39, 0.29) is 18.4 Å². The highest BCUT2D eigenvalue weighted by Gasteiger charge is 2.15. The molecule has 2 heterocycles. The van der Waals surface area contributed by atoms with Crippen LogP contribution in [0.4, 0.5) is 5.69 Å². The lowest BCUT2D eigenvalue weighted by Crippen LogP contribution is -2.30. The van der Waals surface area contributed by atoms with Crippen LogP contribution in [-0.2, 0) is 4.79 Å². The van der Waals surface area contributed by atoms with Crippen LogP contribution in [0, 0.1) is 13.8 Å². The minimum Gasteiger partial charge on any atom is -0.467 e. The lowest BCUT2D eigenvalue weighted by atomic mass is 10.2. The van der Waals surface area contributed by atoms with Gasteiger partial charge in [-0.1, -0.05) is 0 Å². The SMILES string of the molecule is CCN(CC)C(=O)c1ccc(NC(=O)COc2ncnc3sc(C)c(C)c23)cc1. The molecule has 152 valence electrons. The number of hydrogen-bond acceptors (Lipinski definition) is 6. The number of rotatable bonds is 7. The van der Waals surface area contributed by atoms with Crippen LogP contribution in [0.1, 0.15) is 34.6 Å². The van der Waals surface area contributed by atoms with Crippen molar-refractivity contribution in [3.63, 3.8) is 0 Å². The van der Waals surface area contributed by atoms with E-state index >= 15 is 0 Å². The zero-order valence-electron chi connectivity index (χ0n) is 17.0. The first kappa shape index (κ1) is 20.7. The number of aryl methyl sites for hydroxylation is 2. The van der Waals surface area contributed by atoms with Gasteiger partial charge >= 0.3 is 0 Å². The molecule has 3 rings (SSSR count). The maximum Gasteiger partial charge on any atom is 0.262 e. The standard InChI is InChI=1S/C21H24N4O3S/c1-5-25(6-2)21(27)15-7-9-16(10-8-15)24-17(26)11-28-19-18-13(3)14(4)29-20(18)23-12-22-19/h7-10,12H,5-6,11H2,1-4H3,(H,24,26). The van der Waals surface area contributed by atoms with Crippen LogP contribution in [0.2, 0.25) is 0 Å². The molecule has 0 atom stereocenters. The maximum atomic E-state index is 12.3. The fourth-order valence-electron chi connectivity index (χ4n) is 2.98. The third-order valence-electron chi connectivity index (χ3n) is 4.74. The molecule has 0 unspecified atom stereocenters. The van der Waals surface area contributed by atoms with E-state index in [9.17, 15) is 9.59 Å². The van der Waals surface area contributed by atoms with Crippen molar-refractivity contribution < 1.29 is 14.3 Å². The first-order valence-electron chi connectivity index (χ1n) is 9.47. The van der Waals surface area contributed by atoms with Gasteiger partial charge in [0.2, 0.25) is 5.88 Å². The Balaban J connectivity index is 1.62. The van der Waals surface area contributed by atoms with Gasteiger partial charge in [0, 0.05) is 29.2 Å². The Kier molecular flexibility index (Phi) is 6.43. The zero-order chi connectivity index (χ0) is 21.0. The molecule has 3 aromatic rings. The Labute approximate surface area is 173 Å². The van der Waals surface area contributed by atoms with Gasteiger partial charge in [-0.3, -0.25) is 9.59 Å². The second-order valence-corrected chi connectivity index (χ2v) is 7.74. The molecule has 0 aliphatic rings. The van der Waals surface area contributed by atoms with E-state index in [1.165, 1.54) is 6.33 Å². The Bertz CT molecular complexity index is 1030. The molecular weight excluding hydrogens is 388 g/mol. The highest BCUT2D eigenvalue weighted by atomic mass is 32.1. The van der Waals surface area contributed by atoms with Gasteiger partial charge in [0.25, 0.3) is 11.8 Å². The molecule has 0 radical (unpaired) electrons. The van der Waals surface area contributed by atoms with Crippen molar-refractivity contribution >= 4 is 39.1 Å². The van der Waals surface area contributed by atoms with Crippen LogP contribution in [0.15, 0.2) is 30.6 Å². The van der Waals surface area contributed by atoms with E-state index in [1.54, 1.807) is 40.5 Å². The number of nitrogens with one attached hydrogen (secondary N) is 1. The number of ether oxygens (including phenoxy) is 1. The largest absolute Gasteiger partial charge is 0.467 e. The maximum absolute atomic E-state index is 12.3. The average Bonchev–Trinajstić information content (AvgIpc) is 3.02. The van der Waals surface area contributed by atoms with E-state index < -0.39 is 0 Å². The summed E-state index contributed by atoms with van der Waals surface area (Å²) in [6, 6.07) is 6.85. The van der Waals surface area contributed by atoms with E-state index in [0.717, 1.165) is 20.7 Å². The topological polar surface area (TPSA) is 84.4 Å². The number of amides is 2. The molecule has 29 heavy (non-hydrogen) atoms. The monoisotopic (exact) mass is 412 g/mol. The highest BCUT2D eigenvalue weighted by Crippen LogP contribution is 2.33. The molecular formula is C21H24N4O3S. The summed E-state index contributed by atoms with van der Waals surface area (Å²) in [5.41, 5.74) is 2.26. The Morgan fingerprint density at radius 3 is 2.45 bits per heavy atom. The fraction of sp³-hybridized carbons (Fsp3) is 0.333. The summed E-state index contributed by atoms with van der Waals surface area (Å²) in [4.78, 5) is 36.8. The molecule has 2 aromatic heterocycles. The molecule has 0 bridgehead atoms. The third-order valence-corrected chi connectivity index (χ3v) is 5.85. The van der Waals surface area contributed by atoms with Crippen molar-refractivity contribution in [1.29, 1.82) is 0 Å². The van der Waals surface area contributed by atoms with Crippen LogP contribution >= 0.6 is 11.3 Å². The van der Waals surface area contributed by atoms with Crippen LogP contribution in [0.3, 0.4) is 0 Å². The van der Waals surface area contributed by atoms with Crippen LogP contribution in [0.25, 0.3) is 10.2 Å². The smallest absolute Gasteiger partial charge is 0.262 e. The molecule has 0 spiro atoms. The number of thiophene rings is 1. The quantitative estimate of drug-likeness (QED) is 0.638. The van der Waals surface area contributed by atoms with Crippen molar-refractivity contribution in [2.45, 2.75) is 27.7 Å². The first-order valence-corrected chi connectivity index (χ1v) is 10.3. The highest BCUT2D eigenvalue weighted by molar-refractivity contribution is 7.18. The predicted octanol–water partition coefficient (Wildman–Crippen LogP) is 3.81. The average molecular weight is 413 g/mol. The number of benzene rings is 1. The summed E-state index contributed by atoms with van der Waals surface area (Å²) in [7, 11) is 0. The Morgan fingerprint density at radius 2 is 1.79 bits per heavy atom. The van der Waals surface area contributed by atoms with Crippen molar-refractivity contribution in [3.8, 4) is 5.88 Å². The minimum atomic E-state index is -0.302. The summed E-state index contributed by atoms with van der Waals surface area (Å²) in [6.45, 7) is 9.05. The van der Waals surface area contributed by atoms with E-state index in [4.69, 9.17) is 4.74 Å². The number of aromatic nitrogens is 2. The van der Waals surface area contributed by atoms with Gasteiger partial charge in [-0.05, 0) is 57.5 Å². The number of carbonyl (C=O) groups excluding carboxylic acids is 2. The molecule has 2 amide bonds. The minimum absolute atomic E-state index is 0.0228. The molecule has 7 nitrogen and oxygen atoms in total. The summed E-state index contributed by atoms with van der Waals surface area (Å²) in [5, 5.41) is 3.62. The molecule has 0 fully saturated rings. The molecule has 0 aliphatic carbocycles. The number of hydrogen-bond donors (Lipinski definition) is 1. The van der Waals surface area contributed by atoms with Crippen molar-refractivity contribution in [2.24, 2.45) is 0 Å². The summed E-state index contributed by atoms with van der Waals surface area (Å²) < 4.78 is 5.65. The molecule has 0 saturated heterocycles. The van der Waals surface area contributed by atoms with Crippen LogP contribution in [0.5, 0.6) is 5.88 Å². The van der Waals surface area contributed by atoms with Gasteiger partial charge in [0.15, 0.2) is 6.61 Å². The first-order chi connectivity index (χ1) is 13.9. The summed E-state index contributed by atoms with van der Waals surface area (Å²) >= 11 is 1.58. The van der Waals surface area contributed by atoms with E-state index in [1.807, 2.05) is 27.7 Å². The van der Waals surface area contributed by atoms with Gasteiger partial charge in [0.05, 0.1) is 5.39 Å². The number of nitrogens with zero attached hydrogens (tertiary/aromatic N) is 3. The number of anilines is 1. The predicted molar refractivity (Wildman–Crippen MR) is 115 cm³/mol. The van der Waals surface area contributed by atoms with E-state index in [0.29, 0.717) is 30.2 Å². The number of fused-ring (bicyclic) bond motifs is 1. The Hall–Kier alpha value is -3.00. The Morgan fingerprint density at radius 1 is 1.10 bits per heavy atom.